The Morgan fingerprint density at radius 3 is 2.50 bits per heavy atom. The molecule has 0 aliphatic heterocycles. The zero-order valence-corrected chi connectivity index (χ0v) is 13.5. The van der Waals surface area contributed by atoms with Gasteiger partial charge in [0.15, 0.2) is 6.54 Å². The monoisotopic (exact) mass is 317 g/mol. The SMILES string of the molecule is C[C@H]([NH2+]CC(=O)NCCc1ccccc1)c1ccc(Cl)cc1. The van der Waals surface area contributed by atoms with E-state index >= 15 is 0 Å². The number of nitrogens with one attached hydrogen (secondary N) is 1. The van der Waals surface area contributed by atoms with Gasteiger partial charge in [0.25, 0.3) is 5.91 Å². The van der Waals surface area contributed by atoms with Crippen LogP contribution in [-0.4, -0.2) is 19.0 Å². The zero-order valence-electron chi connectivity index (χ0n) is 12.8. The average molecular weight is 318 g/mol. The minimum atomic E-state index is 0.0664. The van der Waals surface area contributed by atoms with E-state index in [9.17, 15) is 4.79 Å². The molecule has 0 fully saturated rings. The summed E-state index contributed by atoms with van der Waals surface area (Å²) in [7, 11) is 0. The van der Waals surface area contributed by atoms with Crippen LogP contribution >= 0.6 is 11.6 Å². The molecule has 4 heteroatoms. The molecule has 0 saturated carbocycles. The second-order valence-corrected chi connectivity index (χ2v) is 5.80. The number of nitrogens with two attached hydrogens (primary N) is 1. The van der Waals surface area contributed by atoms with Gasteiger partial charge in [-0.15, -0.1) is 0 Å². The van der Waals surface area contributed by atoms with Crippen molar-refractivity contribution >= 4 is 17.5 Å². The highest BCUT2D eigenvalue weighted by Gasteiger charge is 2.11. The number of benzene rings is 2. The summed E-state index contributed by atoms with van der Waals surface area (Å²) in [6, 6.07) is 18.1. The van der Waals surface area contributed by atoms with Crippen LogP contribution in [0.15, 0.2) is 54.6 Å². The third-order valence-corrected chi connectivity index (χ3v) is 3.88. The maximum atomic E-state index is 11.9. The van der Waals surface area contributed by atoms with E-state index in [-0.39, 0.29) is 11.9 Å². The minimum Gasteiger partial charge on any atom is -0.351 e. The molecule has 22 heavy (non-hydrogen) atoms. The fraction of sp³-hybridized carbons (Fsp3) is 0.278. The van der Waals surface area contributed by atoms with E-state index in [4.69, 9.17) is 11.6 Å². The molecule has 3 nitrogen and oxygen atoms in total. The molecule has 116 valence electrons. The van der Waals surface area contributed by atoms with Crippen molar-refractivity contribution in [1.29, 1.82) is 0 Å². The molecule has 1 atom stereocenters. The molecule has 2 aromatic rings. The molecule has 0 spiro atoms. The van der Waals surface area contributed by atoms with E-state index in [0.29, 0.717) is 13.1 Å². The summed E-state index contributed by atoms with van der Waals surface area (Å²) in [4.78, 5) is 11.9. The molecule has 0 radical (unpaired) electrons. The summed E-state index contributed by atoms with van der Waals surface area (Å²) < 4.78 is 0. The molecule has 0 bridgehead atoms. The molecule has 2 rings (SSSR count). The number of quaternary nitrogens is 1. The van der Waals surface area contributed by atoms with Gasteiger partial charge in [-0.1, -0.05) is 54.1 Å². The van der Waals surface area contributed by atoms with E-state index in [1.165, 1.54) is 11.1 Å². The van der Waals surface area contributed by atoms with Gasteiger partial charge in [0.1, 0.15) is 6.04 Å². The molecule has 1 amide bonds. The second kappa shape index (κ2) is 8.57. The van der Waals surface area contributed by atoms with E-state index in [2.05, 4.69) is 24.4 Å². The van der Waals surface area contributed by atoms with Crippen LogP contribution in [0.5, 0.6) is 0 Å². The molecule has 0 unspecified atom stereocenters. The van der Waals surface area contributed by atoms with Crippen molar-refractivity contribution in [3.8, 4) is 0 Å². The van der Waals surface area contributed by atoms with Crippen molar-refractivity contribution in [1.82, 2.24) is 5.32 Å². The van der Waals surface area contributed by atoms with Crippen molar-refractivity contribution in [2.75, 3.05) is 13.1 Å². The third kappa shape index (κ3) is 5.51. The van der Waals surface area contributed by atoms with Crippen LogP contribution in [0.2, 0.25) is 5.02 Å². The number of carbonyl (C=O) groups excluding carboxylic acids is 1. The van der Waals surface area contributed by atoms with Crippen molar-refractivity contribution in [2.24, 2.45) is 0 Å². The first kappa shape index (κ1) is 16.5. The molecule has 3 N–H and O–H groups in total. The lowest BCUT2D eigenvalue weighted by Crippen LogP contribution is -2.87. The highest BCUT2D eigenvalue weighted by Crippen LogP contribution is 2.13. The van der Waals surface area contributed by atoms with Crippen molar-refractivity contribution in [3.63, 3.8) is 0 Å². The fourth-order valence-electron chi connectivity index (χ4n) is 2.25. The van der Waals surface area contributed by atoms with Gasteiger partial charge in [0.2, 0.25) is 0 Å². The summed E-state index contributed by atoms with van der Waals surface area (Å²) in [6.45, 7) is 3.19. The van der Waals surface area contributed by atoms with Crippen LogP contribution in [0.25, 0.3) is 0 Å². The van der Waals surface area contributed by atoms with Gasteiger partial charge in [0, 0.05) is 17.1 Å². The second-order valence-electron chi connectivity index (χ2n) is 5.37. The van der Waals surface area contributed by atoms with Gasteiger partial charge in [-0.05, 0) is 31.0 Å². The molecule has 0 heterocycles. The first-order valence-electron chi connectivity index (χ1n) is 7.54. The molecule has 0 saturated heterocycles. The highest BCUT2D eigenvalue weighted by atomic mass is 35.5. The Labute approximate surface area is 136 Å². The highest BCUT2D eigenvalue weighted by molar-refractivity contribution is 6.30. The number of amides is 1. The Bertz CT molecular complexity index is 584. The Kier molecular flexibility index (Phi) is 6.44. The molecule has 0 aliphatic carbocycles. The van der Waals surface area contributed by atoms with E-state index < -0.39 is 0 Å². The fourth-order valence-corrected chi connectivity index (χ4v) is 2.38. The minimum absolute atomic E-state index is 0.0664. The molecular weight excluding hydrogens is 296 g/mol. The third-order valence-electron chi connectivity index (χ3n) is 3.63. The largest absolute Gasteiger partial charge is 0.351 e. The Hall–Kier alpha value is -1.84. The van der Waals surface area contributed by atoms with Gasteiger partial charge < -0.3 is 10.6 Å². The van der Waals surface area contributed by atoms with Gasteiger partial charge >= 0.3 is 0 Å². The Morgan fingerprint density at radius 1 is 1.14 bits per heavy atom. The van der Waals surface area contributed by atoms with Gasteiger partial charge in [0.05, 0.1) is 0 Å². The van der Waals surface area contributed by atoms with Crippen LogP contribution in [0.1, 0.15) is 24.1 Å². The lowest BCUT2D eigenvalue weighted by atomic mass is 10.1. The first-order valence-corrected chi connectivity index (χ1v) is 7.92. The van der Waals surface area contributed by atoms with Crippen molar-refractivity contribution < 1.29 is 10.1 Å². The maximum absolute atomic E-state index is 11.9. The van der Waals surface area contributed by atoms with Crippen LogP contribution in [0, 0.1) is 0 Å². The normalized spacial score (nSPS) is 11.9. The quantitative estimate of drug-likeness (QED) is 0.809. The lowest BCUT2D eigenvalue weighted by Gasteiger charge is -2.11. The van der Waals surface area contributed by atoms with Crippen molar-refractivity contribution in [2.45, 2.75) is 19.4 Å². The van der Waals surface area contributed by atoms with Crippen LogP contribution in [0.4, 0.5) is 0 Å². The molecular formula is C18H22ClN2O+. The van der Waals surface area contributed by atoms with Crippen LogP contribution < -0.4 is 10.6 Å². The summed E-state index contributed by atoms with van der Waals surface area (Å²) >= 11 is 5.88. The predicted molar refractivity (Wildman–Crippen MR) is 89.8 cm³/mol. The lowest BCUT2D eigenvalue weighted by molar-refractivity contribution is -0.682. The van der Waals surface area contributed by atoms with Gasteiger partial charge in [-0.3, -0.25) is 4.79 Å². The van der Waals surface area contributed by atoms with E-state index in [0.717, 1.165) is 11.4 Å². The number of rotatable bonds is 7. The number of halogens is 1. The summed E-state index contributed by atoms with van der Waals surface area (Å²) in [5.41, 5.74) is 2.41. The van der Waals surface area contributed by atoms with E-state index in [1.807, 2.05) is 47.8 Å². The predicted octanol–water partition coefficient (Wildman–Crippen LogP) is 2.32. The van der Waals surface area contributed by atoms with Crippen LogP contribution in [0.3, 0.4) is 0 Å². The molecule has 0 aliphatic rings. The van der Waals surface area contributed by atoms with Crippen molar-refractivity contribution in [3.05, 3.63) is 70.7 Å². The first-order chi connectivity index (χ1) is 10.6. The van der Waals surface area contributed by atoms with Gasteiger partial charge in [-0.2, -0.15) is 0 Å². The number of hydrogen-bond acceptors (Lipinski definition) is 1. The van der Waals surface area contributed by atoms with Gasteiger partial charge in [-0.25, -0.2) is 0 Å². The summed E-state index contributed by atoms with van der Waals surface area (Å²) in [5, 5.41) is 5.72. The Morgan fingerprint density at radius 2 is 1.82 bits per heavy atom. The number of hydrogen-bond donors (Lipinski definition) is 2. The maximum Gasteiger partial charge on any atom is 0.275 e. The summed E-state index contributed by atoms with van der Waals surface area (Å²) in [5.74, 6) is 0.0664. The smallest absolute Gasteiger partial charge is 0.275 e. The number of carbonyl (C=O) groups is 1. The zero-order chi connectivity index (χ0) is 15.8. The topological polar surface area (TPSA) is 45.7 Å². The standard InChI is InChI=1S/C18H21ClN2O/c1-14(16-7-9-17(19)10-8-16)21-13-18(22)20-12-11-15-5-3-2-4-6-15/h2-10,14,21H,11-13H2,1H3,(H,20,22)/p+1/t14-/m0/s1. The van der Waals surface area contributed by atoms with Crippen LogP contribution in [-0.2, 0) is 11.2 Å². The van der Waals surface area contributed by atoms with E-state index in [1.54, 1.807) is 0 Å². The molecule has 0 aromatic heterocycles. The average Bonchev–Trinajstić information content (AvgIpc) is 2.54. The Balaban J connectivity index is 1.68. The summed E-state index contributed by atoms with van der Waals surface area (Å²) in [6.07, 6.45) is 0.860. The molecule has 2 aromatic carbocycles.